The van der Waals surface area contributed by atoms with Crippen molar-refractivity contribution in [3.8, 4) is 0 Å². The molecule has 2 N–H and O–H groups in total. The van der Waals surface area contributed by atoms with Gasteiger partial charge in [-0.2, -0.15) is 0 Å². The molecular weight excluding hydrogens is 118 g/mol. The molecule has 0 bridgehead atoms. The topological polar surface area (TPSA) is 44.5 Å². The molecule has 1 heterocycles. The van der Waals surface area contributed by atoms with Gasteiger partial charge in [0, 0.05) is 0 Å². The minimum Gasteiger partial charge on any atom is -0.457 e. The molecule has 0 atom stereocenters. The van der Waals surface area contributed by atoms with E-state index in [0.29, 0.717) is 11.6 Å². The average Bonchev–Trinajstić information content (AvgIpc) is 2.23. The summed E-state index contributed by atoms with van der Waals surface area (Å²) in [6.07, 6.45) is 0. The van der Waals surface area contributed by atoms with Crippen molar-refractivity contribution in [1.29, 1.82) is 0 Å². The highest BCUT2D eigenvalue weighted by Gasteiger charge is 2.06. The summed E-state index contributed by atoms with van der Waals surface area (Å²) in [6.45, 7) is 6.04. The molecule has 0 saturated heterocycles. The molecular formula is C6H13NO2. The predicted molar refractivity (Wildman–Crippen MR) is 35.3 cm³/mol. The van der Waals surface area contributed by atoms with Crippen LogP contribution in [0.1, 0.15) is 20.8 Å². The molecule has 1 rings (SSSR count). The third-order valence-electron chi connectivity index (χ3n) is 0.837. The van der Waals surface area contributed by atoms with Crippen LogP contribution >= 0.6 is 0 Å². The number of hydrogen-bond acceptors (Lipinski definition) is 3. The van der Waals surface area contributed by atoms with Crippen molar-refractivity contribution >= 4 is 0 Å². The van der Waals surface area contributed by atoms with Gasteiger partial charge >= 0.3 is 0 Å². The smallest absolute Gasteiger partial charge is 0.232 e. The van der Waals surface area contributed by atoms with Crippen molar-refractivity contribution in [3.63, 3.8) is 0 Å². The summed E-state index contributed by atoms with van der Waals surface area (Å²) in [5.74, 6) is 1.08. The van der Waals surface area contributed by atoms with E-state index < -0.39 is 0 Å². The summed E-state index contributed by atoms with van der Waals surface area (Å²) in [5, 5.41) is 0. The van der Waals surface area contributed by atoms with Gasteiger partial charge in [0.25, 0.3) is 0 Å². The molecule has 3 nitrogen and oxygen atoms in total. The summed E-state index contributed by atoms with van der Waals surface area (Å²) in [5.41, 5.74) is 5.21. The summed E-state index contributed by atoms with van der Waals surface area (Å²) in [4.78, 5) is 0. The molecule has 0 spiro atoms. The molecule has 0 aromatic carbocycles. The number of rotatable bonds is 0. The molecule has 3 heteroatoms. The van der Waals surface area contributed by atoms with E-state index >= 15 is 0 Å². The zero-order valence-electron chi connectivity index (χ0n) is 6.10. The summed E-state index contributed by atoms with van der Waals surface area (Å²) < 4.78 is 9.50. The number of nitrogens with two attached hydrogens (primary N) is 1. The van der Waals surface area contributed by atoms with Crippen LogP contribution in [0, 0.1) is 0 Å². The summed E-state index contributed by atoms with van der Waals surface area (Å²) in [6, 6.07) is 0. The van der Waals surface area contributed by atoms with Crippen molar-refractivity contribution in [2.24, 2.45) is 5.73 Å². The monoisotopic (exact) mass is 131 g/mol. The van der Waals surface area contributed by atoms with E-state index in [-0.39, 0.29) is 6.79 Å². The molecule has 0 aromatic heterocycles. The Bertz CT molecular complexity index is 97.6. The van der Waals surface area contributed by atoms with E-state index in [9.17, 15) is 0 Å². The quantitative estimate of drug-likeness (QED) is 0.536. The highest BCUT2D eigenvalue weighted by atomic mass is 16.7. The second kappa shape index (κ2) is 4.06. The van der Waals surface area contributed by atoms with Gasteiger partial charge in [0.1, 0.15) is 0 Å². The molecule has 0 radical (unpaired) electrons. The molecule has 1 aliphatic rings. The lowest BCUT2D eigenvalue weighted by molar-refractivity contribution is 0.0712. The first-order valence-corrected chi connectivity index (χ1v) is 3.02. The van der Waals surface area contributed by atoms with Crippen LogP contribution in [-0.4, -0.2) is 6.79 Å². The third kappa shape index (κ3) is 2.26. The van der Waals surface area contributed by atoms with Gasteiger partial charge in [0.05, 0.1) is 0 Å². The van der Waals surface area contributed by atoms with Gasteiger partial charge < -0.3 is 15.2 Å². The minimum atomic E-state index is 0.275. The van der Waals surface area contributed by atoms with Crippen LogP contribution in [-0.2, 0) is 9.47 Å². The molecule has 1 aliphatic heterocycles. The summed E-state index contributed by atoms with van der Waals surface area (Å²) >= 11 is 0. The highest BCUT2D eigenvalue weighted by Crippen LogP contribution is 2.08. The van der Waals surface area contributed by atoms with Gasteiger partial charge in [-0.05, 0) is 6.92 Å². The van der Waals surface area contributed by atoms with Gasteiger partial charge in [0.2, 0.25) is 12.7 Å². The van der Waals surface area contributed by atoms with Gasteiger partial charge in [-0.3, -0.25) is 0 Å². The standard InChI is InChI=1S/C4H7NO2.C2H6/c1-3-4(5)7-2-6-3;1-2/h2,5H2,1H3;1-2H3. The first kappa shape index (κ1) is 8.14. The molecule has 0 fully saturated rings. The van der Waals surface area contributed by atoms with Crippen LogP contribution in [0.25, 0.3) is 0 Å². The lowest BCUT2D eigenvalue weighted by atomic mass is 10.6. The van der Waals surface area contributed by atoms with E-state index in [1.807, 2.05) is 13.8 Å². The van der Waals surface area contributed by atoms with Crippen LogP contribution < -0.4 is 5.73 Å². The van der Waals surface area contributed by atoms with Crippen molar-refractivity contribution < 1.29 is 9.47 Å². The van der Waals surface area contributed by atoms with Gasteiger partial charge in [0.15, 0.2) is 5.76 Å². The van der Waals surface area contributed by atoms with Crippen molar-refractivity contribution in [2.75, 3.05) is 6.79 Å². The van der Waals surface area contributed by atoms with E-state index in [2.05, 4.69) is 0 Å². The van der Waals surface area contributed by atoms with E-state index in [1.54, 1.807) is 6.92 Å². The fraction of sp³-hybridized carbons (Fsp3) is 0.667. The van der Waals surface area contributed by atoms with Crippen LogP contribution in [0.3, 0.4) is 0 Å². The Balaban J connectivity index is 0.000000291. The third-order valence-corrected chi connectivity index (χ3v) is 0.837. The number of hydrogen-bond donors (Lipinski definition) is 1. The molecule has 0 aliphatic carbocycles. The highest BCUT2D eigenvalue weighted by molar-refractivity contribution is 4.95. The fourth-order valence-electron chi connectivity index (χ4n) is 0.354. The van der Waals surface area contributed by atoms with Crippen LogP contribution in [0.4, 0.5) is 0 Å². The normalized spacial score (nSPS) is 15.4. The summed E-state index contributed by atoms with van der Waals surface area (Å²) in [7, 11) is 0. The molecule has 54 valence electrons. The Morgan fingerprint density at radius 2 is 1.89 bits per heavy atom. The maximum Gasteiger partial charge on any atom is 0.232 e. The Kier molecular flexibility index (Phi) is 3.67. The molecule has 0 saturated carbocycles. The van der Waals surface area contributed by atoms with Crippen molar-refractivity contribution in [1.82, 2.24) is 0 Å². The second-order valence-corrected chi connectivity index (χ2v) is 1.33. The van der Waals surface area contributed by atoms with E-state index in [4.69, 9.17) is 15.2 Å². The number of ether oxygens (including phenoxy) is 2. The van der Waals surface area contributed by atoms with Gasteiger partial charge in [-0.1, -0.05) is 13.8 Å². The van der Waals surface area contributed by atoms with Crippen molar-refractivity contribution in [3.05, 3.63) is 11.6 Å². The maximum absolute atomic E-state index is 5.21. The lowest BCUT2D eigenvalue weighted by Crippen LogP contribution is -1.96. The van der Waals surface area contributed by atoms with Crippen LogP contribution in [0.2, 0.25) is 0 Å². The predicted octanol–water partition coefficient (Wildman–Crippen LogP) is 1.16. The van der Waals surface area contributed by atoms with Crippen LogP contribution in [0.15, 0.2) is 11.6 Å². The Hall–Kier alpha value is -0.860. The SMILES string of the molecule is CC.CC1=C(N)OCO1. The fourth-order valence-corrected chi connectivity index (χ4v) is 0.354. The molecule has 0 aromatic rings. The minimum absolute atomic E-state index is 0.275. The number of allylic oxidation sites excluding steroid dienone is 1. The zero-order valence-corrected chi connectivity index (χ0v) is 6.10. The first-order valence-electron chi connectivity index (χ1n) is 3.02. The van der Waals surface area contributed by atoms with Crippen molar-refractivity contribution in [2.45, 2.75) is 20.8 Å². The van der Waals surface area contributed by atoms with E-state index in [1.165, 1.54) is 0 Å². The maximum atomic E-state index is 5.21. The van der Waals surface area contributed by atoms with Gasteiger partial charge in [-0.15, -0.1) is 0 Å². The average molecular weight is 131 g/mol. The second-order valence-electron chi connectivity index (χ2n) is 1.33. The van der Waals surface area contributed by atoms with Gasteiger partial charge in [-0.25, -0.2) is 0 Å². The Morgan fingerprint density at radius 3 is 2.00 bits per heavy atom. The molecule has 9 heavy (non-hydrogen) atoms. The molecule has 0 amide bonds. The largest absolute Gasteiger partial charge is 0.457 e. The van der Waals surface area contributed by atoms with Crippen LogP contribution in [0.5, 0.6) is 0 Å². The Morgan fingerprint density at radius 1 is 1.33 bits per heavy atom. The lowest BCUT2D eigenvalue weighted by Gasteiger charge is -1.86. The molecule has 0 unspecified atom stereocenters. The van der Waals surface area contributed by atoms with E-state index in [0.717, 1.165) is 0 Å². The Labute approximate surface area is 55.4 Å². The first-order chi connectivity index (χ1) is 4.30. The zero-order chi connectivity index (χ0) is 7.28.